The zero-order valence-corrected chi connectivity index (χ0v) is 11.3. The van der Waals surface area contributed by atoms with E-state index in [1.165, 1.54) is 0 Å². The van der Waals surface area contributed by atoms with Gasteiger partial charge in [-0.05, 0) is 45.6 Å². The summed E-state index contributed by atoms with van der Waals surface area (Å²) in [6.07, 6.45) is 2.90. The second-order valence-corrected chi connectivity index (χ2v) is 5.69. The fourth-order valence-electron chi connectivity index (χ4n) is 2.18. The Balaban J connectivity index is 2.28. The molecule has 4 nitrogen and oxygen atoms in total. The van der Waals surface area contributed by atoms with Gasteiger partial charge in [-0.3, -0.25) is 9.69 Å². The predicted molar refractivity (Wildman–Crippen MR) is 68.8 cm³/mol. The molecule has 1 rings (SSSR count). The minimum absolute atomic E-state index is 0.110. The smallest absolute Gasteiger partial charge is 0.234 e. The number of rotatable bonds is 6. The maximum atomic E-state index is 11.8. The summed E-state index contributed by atoms with van der Waals surface area (Å²) in [6, 6.07) is 0. The number of hydrogen-bond acceptors (Lipinski definition) is 3. The molecule has 0 aliphatic carbocycles. The minimum atomic E-state index is -0.110. The van der Waals surface area contributed by atoms with Gasteiger partial charge in [0.2, 0.25) is 5.91 Å². The van der Waals surface area contributed by atoms with Gasteiger partial charge in [-0.1, -0.05) is 6.92 Å². The largest absolute Gasteiger partial charge is 0.396 e. The van der Waals surface area contributed by atoms with E-state index in [0.717, 1.165) is 32.4 Å². The van der Waals surface area contributed by atoms with E-state index in [1.807, 2.05) is 13.8 Å². The van der Waals surface area contributed by atoms with Crippen LogP contribution in [0.15, 0.2) is 0 Å². The van der Waals surface area contributed by atoms with E-state index >= 15 is 0 Å². The maximum absolute atomic E-state index is 11.8. The molecule has 100 valence electrons. The van der Waals surface area contributed by atoms with E-state index in [0.29, 0.717) is 12.5 Å². The molecule has 0 aromatic carbocycles. The van der Waals surface area contributed by atoms with Gasteiger partial charge >= 0.3 is 0 Å². The second-order valence-electron chi connectivity index (χ2n) is 5.69. The van der Waals surface area contributed by atoms with E-state index in [-0.39, 0.29) is 18.1 Å². The first-order valence-electron chi connectivity index (χ1n) is 6.61. The van der Waals surface area contributed by atoms with Gasteiger partial charge in [-0.25, -0.2) is 0 Å². The van der Waals surface area contributed by atoms with Crippen LogP contribution in [0.1, 0.15) is 40.0 Å². The van der Waals surface area contributed by atoms with Crippen molar-refractivity contribution in [2.75, 3.05) is 26.2 Å². The molecule has 4 heteroatoms. The quantitative estimate of drug-likeness (QED) is 0.730. The second kappa shape index (κ2) is 6.36. The van der Waals surface area contributed by atoms with Gasteiger partial charge in [0, 0.05) is 18.7 Å². The molecular weight excluding hydrogens is 216 g/mol. The van der Waals surface area contributed by atoms with Crippen LogP contribution in [-0.2, 0) is 4.79 Å². The molecule has 1 amide bonds. The van der Waals surface area contributed by atoms with Gasteiger partial charge in [0.05, 0.1) is 6.54 Å². The van der Waals surface area contributed by atoms with E-state index in [9.17, 15) is 4.79 Å². The standard InChI is InChI=1S/C13H26N2O2/c1-4-13(2,3)14-12(17)10-15-7-5-11(9-15)6-8-16/h11,16H,4-10H2,1-3H3,(H,14,17). The van der Waals surface area contributed by atoms with E-state index < -0.39 is 0 Å². The molecule has 2 N–H and O–H groups in total. The number of hydrogen-bond donors (Lipinski definition) is 2. The van der Waals surface area contributed by atoms with Crippen molar-refractivity contribution in [1.82, 2.24) is 10.2 Å². The summed E-state index contributed by atoms with van der Waals surface area (Å²) < 4.78 is 0. The van der Waals surface area contributed by atoms with Crippen LogP contribution in [0, 0.1) is 5.92 Å². The van der Waals surface area contributed by atoms with Crippen LogP contribution < -0.4 is 5.32 Å². The van der Waals surface area contributed by atoms with Crippen LogP contribution in [0.4, 0.5) is 0 Å². The summed E-state index contributed by atoms with van der Waals surface area (Å²) in [6.45, 7) is 8.84. The average molecular weight is 242 g/mol. The maximum Gasteiger partial charge on any atom is 0.234 e. The van der Waals surface area contributed by atoms with Crippen LogP contribution in [0.3, 0.4) is 0 Å². The van der Waals surface area contributed by atoms with Gasteiger partial charge in [0.1, 0.15) is 0 Å². The van der Waals surface area contributed by atoms with Crippen molar-refractivity contribution in [2.24, 2.45) is 5.92 Å². The molecule has 1 unspecified atom stereocenters. The molecule has 0 spiro atoms. The molecule has 1 saturated heterocycles. The summed E-state index contributed by atoms with van der Waals surface area (Å²) in [5.74, 6) is 0.675. The molecule has 1 fully saturated rings. The lowest BCUT2D eigenvalue weighted by molar-refractivity contribution is -0.123. The highest BCUT2D eigenvalue weighted by atomic mass is 16.3. The highest BCUT2D eigenvalue weighted by Gasteiger charge is 2.25. The van der Waals surface area contributed by atoms with Crippen molar-refractivity contribution < 1.29 is 9.90 Å². The number of aliphatic hydroxyl groups excluding tert-OH is 1. The van der Waals surface area contributed by atoms with Crippen LogP contribution in [0.2, 0.25) is 0 Å². The lowest BCUT2D eigenvalue weighted by Crippen LogP contribution is -2.47. The lowest BCUT2D eigenvalue weighted by Gasteiger charge is -2.26. The number of aliphatic hydroxyl groups is 1. The molecule has 1 heterocycles. The normalized spacial score (nSPS) is 21.8. The monoisotopic (exact) mass is 242 g/mol. The molecule has 0 radical (unpaired) electrons. The van der Waals surface area contributed by atoms with E-state index in [2.05, 4.69) is 17.1 Å². The molecular formula is C13H26N2O2. The summed E-state index contributed by atoms with van der Waals surface area (Å²) in [7, 11) is 0. The number of carbonyl (C=O) groups is 1. The Bertz CT molecular complexity index is 254. The topological polar surface area (TPSA) is 52.6 Å². The Morgan fingerprint density at radius 3 is 2.82 bits per heavy atom. The number of amides is 1. The first kappa shape index (κ1) is 14.5. The Kier molecular flexibility index (Phi) is 5.40. The molecule has 17 heavy (non-hydrogen) atoms. The third kappa shape index (κ3) is 5.04. The Hall–Kier alpha value is -0.610. The van der Waals surface area contributed by atoms with Crippen molar-refractivity contribution >= 4 is 5.91 Å². The third-order valence-electron chi connectivity index (χ3n) is 3.64. The van der Waals surface area contributed by atoms with Gasteiger partial charge < -0.3 is 10.4 Å². The SMILES string of the molecule is CCC(C)(C)NC(=O)CN1CCC(CCO)C1. The molecule has 1 aliphatic heterocycles. The van der Waals surface area contributed by atoms with E-state index in [1.54, 1.807) is 0 Å². The van der Waals surface area contributed by atoms with Crippen LogP contribution >= 0.6 is 0 Å². The summed E-state index contributed by atoms with van der Waals surface area (Å²) in [4.78, 5) is 14.0. The molecule has 0 bridgehead atoms. The molecule has 0 aromatic heterocycles. The van der Waals surface area contributed by atoms with Crippen molar-refractivity contribution in [2.45, 2.75) is 45.6 Å². The zero-order valence-electron chi connectivity index (χ0n) is 11.3. The number of likely N-dealkylation sites (tertiary alicyclic amines) is 1. The highest BCUT2D eigenvalue weighted by Crippen LogP contribution is 2.18. The van der Waals surface area contributed by atoms with Crippen LogP contribution in [-0.4, -0.2) is 47.7 Å². The Labute approximate surface area is 104 Å². The summed E-state index contributed by atoms with van der Waals surface area (Å²) in [5.41, 5.74) is -0.110. The highest BCUT2D eigenvalue weighted by molar-refractivity contribution is 5.78. The Morgan fingerprint density at radius 1 is 1.53 bits per heavy atom. The van der Waals surface area contributed by atoms with Gasteiger partial charge in [-0.2, -0.15) is 0 Å². The summed E-state index contributed by atoms with van der Waals surface area (Å²) in [5, 5.41) is 11.9. The molecule has 0 saturated carbocycles. The van der Waals surface area contributed by atoms with Gasteiger partial charge in [-0.15, -0.1) is 0 Å². The van der Waals surface area contributed by atoms with Crippen molar-refractivity contribution in [3.63, 3.8) is 0 Å². The van der Waals surface area contributed by atoms with Gasteiger partial charge in [0.25, 0.3) is 0 Å². The van der Waals surface area contributed by atoms with Crippen molar-refractivity contribution in [3.8, 4) is 0 Å². The minimum Gasteiger partial charge on any atom is -0.396 e. The van der Waals surface area contributed by atoms with Crippen molar-refractivity contribution in [1.29, 1.82) is 0 Å². The zero-order chi connectivity index (χ0) is 12.9. The average Bonchev–Trinajstić information content (AvgIpc) is 2.65. The fraction of sp³-hybridized carbons (Fsp3) is 0.923. The fourth-order valence-corrected chi connectivity index (χ4v) is 2.18. The lowest BCUT2D eigenvalue weighted by atomic mass is 10.0. The molecule has 1 aliphatic rings. The predicted octanol–water partition coefficient (Wildman–Crippen LogP) is 0.995. The number of carbonyl (C=O) groups excluding carboxylic acids is 1. The van der Waals surface area contributed by atoms with Crippen LogP contribution in [0.5, 0.6) is 0 Å². The third-order valence-corrected chi connectivity index (χ3v) is 3.64. The Morgan fingerprint density at radius 2 is 2.24 bits per heavy atom. The first-order chi connectivity index (χ1) is 7.96. The van der Waals surface area contributed by atoms with Gasteiger partial charge in [0.15, 0.2) is 0 Å². The molecule has 0 aromatic rings. The van der Waals surface area contributed by atoms with Crippen molar-refractivity contribution in [3.05, 3.63) is 0 Å². The van der Waals surface area contributed by atoms with E-state index in [4.69, 9.17) is 5.11 Å². The summed E-state index contributed by atoms with van der Waals surface area (Å²) >= 11 is 0. The first-order valence-corrected chi connectivity index (χ1v) is 6.61. The number of nitrogens with zero attached hydrogens (tertiary/aromatic N) is 1. The molecule has 1 atom stereocenters. The number of nitrogens with one attached hydrogen (secondary N) is 1. The van der Waals surface area contributed by atoms with Crippen LogP contribution in [0.25, 0.3) is 0 Å².